The van der Waals surface area contributed by atoms with Crippen LogP contribution < -0.4 is 10.1 Å². The van der Waals surface area contributed by atoms with E-state index < -0.39 is 0 Å². The molecule has 0 spiro atoms. The van der Waals surface area contributed by atoms with Gasteiger partial charge in [0, 0.05) is 48.7 Å². The number of carbonyl (C=O) groups is 1. The Kier molecular flexibility index (Phi) is 5.75. The molecule has 4 rings (SSSR count). The molecule has 2 aromatic carbocycles. The third-order valence-corrected chi connectivity index (χ3v) is 4.85. The number of aromatic nitrogens is 3. The topological polar surface area (TPSA) is 69.0 Å². The summed E-state index contributed by atoms with van der Waals surface area (Å²) >= 11 is 0. The molecule has 1 N–H and O–H groups in total. The molecule has 0 aliphatic rings. The van der Waals surface area contributed by atoms with Gasteiger partial charge in [-0.1, -0.05) is 18.2 Å². The predicted molar refractivity (Wildman–Crippen MR) is 115 cm³/mol. The van der Waals surface area contributed by atoms with Crippen LogP contribution in [0.1, 0.15) is 21.5 Å². The second-order valence-corrected chi connectivity index (χ2v) is 7.12. The van der Waals surface area contributed by atoms with Crippen LogP contribution in [0.2, 0.25) is 0 Å². The molecule has 0 atom stereocenters. The highest BCUT2D eigenvalue weighted by molar-refractivity contribution is 5.96. The third-order valence-electron chi connectivity index (χ3n) is 4.85. The maximum Gasteiger partial charge on any atom is 0.251 e. The zero-order chi connectivity index (χ0) is 21.8. The highest BCUT2D eigenvalue weighted by Crippen LogP contribution is 2.29. The molecule has 156 valence electrons. The van der Waals surface area contributed by atoms with Crippen molar-refractivity contribution in [3.8, 4) is 22.8 Å². The van der Waals surface area contributed by atoms with Gasteiger partial charge in [-0.2, -0.15) is 5.10 Å². The fourth-order valence-corrected chi connectivity index (χ4v) is 3.16. The van der Waals surface area contributed by atoms with Gasteiger partial charge in [-0.15, -0.1) is 0 Å². The first kappa shape index (κ1) is 20.3. The molecule has 0 radical (unpaired) electrons. The molecule has 0 saturated carbocycles. The molecule has 0 aliphatic heterocycles. The van der Waals surface area contributed by atoms with Crippen LogP contribution in [-0.2, 0) is 13.6 Å². The van der Waals surface area contributed by atoms with Crippen LogP contribution >= 0.6 is 0 Å². The Morgan fingerprint density at radius 1 is 1.16 bits per heavy atom. The average Bonchev–Trinajstić information content (AvgIpc) is 3.21. The summed E-state index contributed by atoms with van der Waals surface area (Å²) < 4.78 is 20.8. The first-order valence-electron chi connectivity index (χ1n) is 9.75. The fraction of sp³-hybridized carbons (Fsp3) is 0.125. The van der Waals surface area contributed by atoms with Gasteiger partial charge in [0.25, 0.3) is 5.91 Å². The van der Waals surface area contributed by atoms with E-state index in [1.165, 1.54) is 12.1 Å². The van der Waals surface area contributed by atoms with Crippen LogP contribution in [0.5, 0.6) is 11.5 Å². The number of rotatable bonds is 6. The van der Waals surface area contributed by atoms with Crippen LogP contribution in [0, 0.1) is 12.7 Å². The van der Waals surface area contributed by atoms with Gasteiger partial charge in [0.05, 0.1) is 11.9 Å². The molecule has 2 aromatic heterocycles. The molecular weight excluding hydrogens is 395 g/mol. The standard InChI is InChI=1S/C24H21FN4O2/c1-16-21(24(30)27-13-17-6-8-19(25)9-7-17)4-3-5-23(16)31-20-10-11-26-22(12-20)18-14-28-29(2)15-18/h3-12,14-15H,13H2,1-2H3,(H,27,30). The molecule has 2 heterocycles. The molecule has 0 aliphatic carbocycles. The summed E-state index contributed by atoms with van der Waals surface area (Å²) in [6.45, 7) is 2.15. The second-order valence-electron chi connectivity index (χ2n) is 7.12. The Labute approximate surface area is 179 Å². The molecule has 4 aromatic rings. The van der Waals surface area contributed by atoms with Crippen molar-refractivity contribution >= 4 is 5.91 Å². The van der Waals surface area contributed by atoms with E-state index >= 15 is 0 Å². The second kappa shape index (κ2) is 8.79. The third kappa shape index (κ3) is 4.78. The minimum atomic E-state index is -0.307. The van der Waals surface area contributed by atoms with Crippen molar-refractivity contribution in [3.63, 3.8) is 0 Å². The van der Waals surface area contributed by atoms with E-state index in [0.717, 1.165) is 22.4 Å². The number of nitrogens with zero attached hydrogens (tertiary/aromatic N) is 3. The van der Waals surface area contributed by atoms with Crippen LogP contribution in [0.3, 0.4) is 0 Å². The number of hydrogen-bond donors (Lipinski definition) is 1. The number of amides is 1. The lowest BCUT2D eigenvalue weighted by atomic mass is 10.1. The Morgan fingerprint density at radius 3 is 2.71 bits per heavy atom. The summed E-state index contributed by atoms with van der Waals surface area (Å²) in [5.41, 5.74) is 3.69. The molecule has 31 heavy (non-hydrogen) atoms. The molecule has 1 amide bonds. The maximum atomic E-state index is 13.0. The summed E-state index contributed by atoms with van der Waals surface area (Å²) in [5, 5.41) is 7.03. The summed E-state index contributed by atoms with van der Waals surface area (Å²) in [6.07, 6.45) is 5.29. The van der Waals surface area contributed by atoms with E-state index in [1.807, 2.05) is 32.3 Å². The van der Waals surface area contributed by atoms with E-state index in [1.54, 1.807) is 47.4 Å². The van der Waals surface area contributed by atoms with Gasteiger partial charge in [0.15, 0.2) is 0 Å². The molecule has 0 unspecified atom stereocenters. The fourth-order valence-electron chi connectivity index (χ4n) is 3.16. The van der Waals surface area contributed by atoms with E-state index in [-0.39, 0.29) is 11.7 Å². The number of nitrogens with one attached hydrogen (secondary N) is 1. The van der Waals surface area contributed by atoms with Crippen molar-refractivity contribution in [1.29, 1.82) is 0 Å². The monoisotopic (exact) mass is 416 g/mol. The van der Waals surface area contributed by atoms with Crippen LogP contribution in [0.4, 0.5) is 4.39 Å². The molecule has 7 heteroatoms. The van der Waals surface area contributed by atoms with Gasteiger partial charge in [-0.3, -0.25) is 14.5 Å². The lowest BCUT2D eigenvalue weighted by Gasteiger charge is -2.13. The van der Waals surface area contributed by atoms with Crippen LogP contribution in [0.15, 0.2) is 73.2 Å². The van der Waals surface area contributed by atoms with E-state index in [2.05, 4.69) is 15.4 Å². The van der Waals surface area contributed by atoms with Gasteiger partial charge < -0.3 is 10.1 Å². The summed E-state index contributed by atoms with van der Waals surface area (Å²) in [5.74, 6) is 0.662. The van der Waals surface area contributed by atoms with Crippen LogP contribution in [-0.4, -0.2) is 20.7 Å². The molecule has 0 bridgehead atoms. The van der Waals surface area contributed by atoms with Gasteiger partial charge in [0.1, 0.15) is 17.3 Å². The largest absolute Gasteiger partial charge is 0.457 e. The lowest BCUT2D eigenvalue weighted by Crippen LogP contribution is -2.23. The van der Waals surface area contributed by atoms with Crippen molar-refractivity contribution < 1.29 is 13.9 Å². The van der Waals surface area contributed by atoms with Crippen molar-refractivity contribution in [2.45, 2.75) is 13.5 Å². The molecule has 0 fully saturated rings. The van der Waals surface area contributed by atoms with Gasteiger partial charge in [-0.05, 0) is 42.8 Å². The summed E-state index contributed by atoms with van der Waals surface area (Å²) in [4.78, 5) is 17.1. The first-order valence-corrected chi connectivity index (χ1v) is 9.75. The number of ether oxygens (including phenoxy) is 1. The number of aryl methyl sites for hydroxylation is 1. The number of carbonyl (C=O) groups excluding carboxylic acids is 1. The Balaban J connectivity index is 1.50. The Bertz CT molecular complexity index is 1220. The summed E-state index contributed by atoms with van der Waals surface area (Å²) in [7, 11) is 1.85. The highest BCUT2D eigenvalue weighted by Gasteiger charge is 2.13. The Hall–Kier alpha value is -4.00. The van der Waals surface area contributed by atoms with E-state index in [9.17, 15) is 9.18 Å². The van der Waals surface area contributed by atoms with Crippen molar-refractivity contribution in [3.05, 3.63) is 95.7 Å². The zero-order valence-corrected chi connectivity index (χ0v) is 17.2. The summed E-state index contributed by atoms with van der Waals surface area (Å²) in [6, 6.07) is 15.0. The minimum absolute atomic E-state index is 0.224. The zero-order valence-electron chi connectivity index (χ0n) is 17.2. The lowest BCUT2D eigenvalue weighted by molar-refractivity contribution is 0.0950. The SMILES string of the molecule is Cc1c(Oc2ccnc(-c3cnn(C)c3)c2)cccc1C(=O)NCc1ccc(F)cc1. The van der Waals surface area contributed by atoms with Gasteiger partial charge in [-0.25, -0.2) is 4.39 Å². The van der Waals surface area contributed by atoms with Crippen molar-refractivity contribution in [2.24, 2.45) is 7.05 Å². The number of benzene rings is 2. The molecule has 0 saturated heterocycles. The van der Waals surface area contributed by atoms with Crippen molar-refractivity contribution in [2.75, 3.05) is 0 Å². The smallest absolute Gasteiger partial charge is 0.251 e. The maximum absolute atomic E-state index is 13.0. The van der Waals surface area contributed by atoms with E-state index in [0.29, 0.717) is 23.6 Å². The molecular formula is C24H21FN4O2. The molecule has 6 nitrogen and oxygen atoms in total. The Morgan fingerprint density at radius 2 is 1.97 bits per heavy atom. The first-order chi connectivity index (χ1) is 15.0. The van der Waals surface area contributed by atoms with Crippen LogP contribution in [0.25, 0.3) is 11.3 Å². The number of hydrogen-bond acceptors (Lipinski definition) is 4. The number of pyridine rings is 1. The van der Waals surface area contributed by atoms with Crippen molar-refractivity contribution in [1.82, 2.24) is 20.1 Å². The van der Waals surface area contributed by atoms with E-state index in [4.69, 9.17) is 4.74 Å². The number of halogens is 1. The predicted octanol–water partition coefficient (Wildman–Crippen LogP) is 4.65. The van der Waals surface area contributed by atoms with Gasteiger partial charge >= 0.3 is 0 Å². The quantitative estimate of drug-likeness (QED) is 0.497. The average molecular weight is 416 g/mol. The minimum Gasteiger partial charge on any atom is -0.457 e. The normalized spacial score (nSPS) is 10.7. The highest BCUT2D eigenvalue weighted by atomic mass is 19.1. The van der Waals surface area contributed by atoms with Gasteiger partial charge in [0.2, 0.25) is 0 Å².